The number of carbonyl (C=O) groups excluding carboxylic acids is 1. The minimum atomic E-state index is -0.312. The number of rotatable bonds is 3. The maximum Gasteiger partial charge on any atom is 0.237 e. The smallest absolute Gasteiger partial charge is 0.237 e. The van der Waals surface area contributed by atoms with Gasteiger partial charge in [-0.1, -0.05) is 25.1 Å². The Morgan fingerprint density at radius 3 is 2.89 bits per heavy atom. The minimum absolute atomic E-state index is 0.0395. The summed E-state index contributed by atoms with van der Waals surface area (Å²) in [7, 11) is 0. The van der Waals surface area contributed by atoms with Crippen LogP contribution in [0.4, 0.5) is 4.39 Å². The summed E-state index contributed by atoms with van der Waals surface area (Å²) in [6, 6.07) is 6.08. The zero-order chi connectivity index (χ0) is 13.8. The molecule has 1 aliphatic heterocycles. The van der Waals surface area contributed by atoms with E-state index in [-0.39, 0.29) is 23.8 Å². The van der Waals surface area contributed by atoms with Crippen molar-refractivity contribution in [2.24, 2.45) is 5.92 Å². The molecule has 1 aromatic rings. The van der Waals surface area contributed by atoms with Gasteiger partial charge in [0.2, 0.25) is 5.91 Å². The predicted molar refractivity (Wildman–Crippen MR) is 73.1 cm³/mol. The molecule has 2 rings (SSSR count). The van der Waals surface area contributed by atoms with Gasteiger partial charge in [0.1, 0.15) is 5.82 Å². The summed E-state index contributed by atoms with van der Waals surface area (Å²) < 4.78 is 13.6. The molecule has 1 heterocycles. The fourth-order valence-electron chi connectivity index (χ4n) is 2.53. The van der Waals surface area contributed by atoms with Crippen LogP contribution in [0.5, 0.6) is 0 Å². The van der Waals surface area contributed by atoms with Crippen LogP contribution in [0.2, 0.25) is 0 Å². The molecule has 1 aromatic carbocycles. The number of amides is 1. The van der Waals surface area contributed by atoms with Crippen molar-refractivity contribution in [3.05, 3.63) is 35.6 Å². The average molecular weight is 264 g/mol. The number of halogens is 1. The number of carbonyl (C=O) groups is 1. The van der Waals surface area contributed by atoms with Crippen molar-refractivity contribution < 1.29 is 9.18 Å². The number of piperidine rings is 1. The van der Waals surface area contributed by atoms with Crippen LogP contribution in [0.25, 0.3) is 0 Å². The van der Waals surface area contributed by atoms with Crippen molar-refractivity contribution in [1.82, 2.24) is 10.6 Å². The first-order chi connectivity index (χ1) is 9.08. The number of hydrogen-bond acceptors (Lipinski definition) is 2. The molecule has 3 nitrogen and oxygen atoms in total. The van der Waals surface area contributed by atoms with E-state index in [9.17, 15) is 9.18 Å². The van der Waals surface area contributed by atoms with Gasteiger partial charge in [-0.05, 0) is 38.3 Å². The van der Waals surface area contributed by atoms with Crippen molar-refractivity contribution in [3.8, 4) is 0 Å². The van der Waals surface area contributed by atoms with E-state index >= 15 is 0 Å². The lowest BCUT2D eigenvalue weighted by Crippen LogP contribution is -2.48. The lowest BCUT2D eigenvalue weighted by Gasteiger charge is -2.28. The van der Waals surface area contributed by atoms with E-state index < -0.39 is 0 Å². The molecule has 1 amide bonds. The first-order valence-corrected chi connectivity index (χ1v) is 6.86. The molecule has 2 N–H and O–H groups in total. The lowest BCUT2D eigenvalue weighted by molar-refractivity contribution is -0.124. The van der Waals surface area contributed by atoms with Gasteiger partial charge in [-0.25, -0.2) is 4.39 Å². The molecule has 0 aliphatic carbocycles. The number of nitrogens with one attached hydrogen (secondary N) is 2. The molecule has 2 unspecified atom stereocenters. The van der Waals surface area contributed by atoms with E-state index in [0.29, 0.717) is 11.5 Å². The van der Waals surface area contributed by atoms with Crippen LogP contribution in [0.1, 0.15) is 38.3 Å². The summed E-state index contributed by atoms with van der Waals surface area (Å²) in [5.41, 5.74) is 0.528. The van der Waals surface area contributed by atoms with E-state index in [2.05, 4.69) is 17.6 Å². The quantitative estimate of drug-likeness (QED) is 0.880. The van der Waals surface area contributed by atoms with Gasteiger partial charge in [0.15, 0.2) is 0 Å². The molecular formula is C15H21FN2O. The Balaban J connectivity index is 1.97. The van der Waals surface area contributed by atoms with Gasteiger partial charge in [-0.2, -0.15) is 0 Å². The van der Waals surface area contributed by atoms with Crippen LogP contribution < -0.4 is 10.6 Å². The summed E-state index contributed by atoms with van der Waals surface area (Å²) in [6.45, 7) is 4.83. The van der Waals surface area contributed by atoms with Crippen molar-refractivity contribution in [1.29, 1.82) is 0 Å². The van der Waals surface area contributed by atoms with Crippen molar-refractivity contribution in [2.45, 2.75) is 38.8 Å². The molecule has 0 spiro atoms. The third-order valence-corrected chi connectivity index (χ3v) is 3.71. The molecule has 104 valence electrons. The third-order valence-electron chi connectivity index (χ3n) is 3.71. The Morgan fingerprint density at radius 2 is 2.21 bits per heavy atom. The standard InChI is InChI=1S/C15H21FN2O/c1-10-7-8-17-14(9-10)15(19)18-11(2)12-5-3-4-6-13(12)16/h3-6,10-11,14,17H,7-9H2,1-2H3,(H,18,19)/t10?,11-,14?/m1/s1. The molecule has 1 aliphatic rings. The summed E-state index contributed by atoms with van der Waals surface area (Å²) in [6.07, 6.45) is 1.95. The maximum absolute atomic E-state index is 13.6. The molecule has 0 bridgehead atoms. The highest BCUT2D eigenvalue weighted by Crippen LogP contribution is 2.18. The fourth-order valence-corrected chi connectivity index (χ4v) is 2.53. The van der Waals surface area contributed by atoms with Crippen molar-refractivity contribution in [2.75, 3.05) is 6.54 Å². The van der Waals surface area contributed by atoms with Gasteiger partial charge in [0.05, 0.1) is 12.1 Å². The Bertz CT molecular complexity index is 450. The van der Waals surface area contributed by atoms with Gasteiger partial charge in [0.25, 0.3) is 0 Å². The molecule has 3 atom stereocenters. The number of benzene rings is 1. The predicted octanol–water partition coefficient (Wildman–Crippen LogP) is 2.39. The van der Waals surface area contributed by atoms with Crippen LogP contribution in [-0.4, -0.2) is 18.5 Å². The van der Waals surface area contributed by atoms with Gasteiger partial charge in [0, 0.05) is 5.56 Å². The SMILES string of the molecule is CC1CCNC(C(=O)N[C@H](C)c2ccccc2F)C1. The van der Waals surface area contributed by atoms with E-state index in [0.717, 1.165) is 19.4 Å². The topological polar surface area (TPSA) is 41.1 Å². The van der Waals surface area contributed by atoms with Crippen molar-refractivity contribution in [3.63, 3.8) is 0 Å². The van der Waals surface area contributed by atoms with E-state index in [1.165, 1.54) is 6.07 Å². The Kier molecular flexibility index (Phi) is 4.53. The van der Waals surface area contributed by atoms with E-state index in [1.807, 2.05) is 6.92 Å². The minimum Gasteiger partial charge on any atom is -0.348 e. The van der Waals surface area contributed by atoms with Crippen LogP contribution >= 0.6 is 0 Å². The molecule has 1 saturated heterocycles. The van der Waals surface area contributed by atoms with Crippen molar-refractivity contribution >= 4 is 5.91 Å². The summed E-state index contributed by atoms with van der Waals surface area (Å²) in [4.78, 5) is 12.1. The first-order valence-electron chi connectivity index (χ1n) is 6.86. The Hall–Kier alpha value is -1.42. The molecule has 1 fully saturated rings. The molecule has 0 saturated carbocycles. The zero-order valence-electron chi connectivity index (χ0n) is 11.4. The second-order valence-electron chi connectivity index (χ2n) is 5.39. The van der Waals surface area contributed by atoms with Gasteiger partial charge < -0.3 is 10.6 Å². The molecular weight excluding hydrogens is 243 g/mol. The van der Waals surface area contributed by atoms with Gasteiger partial charge in [-0.3, -0.25) is 4.79 Å². The second-order valence-corrected chi connectivity index (χ2v) is 5.39. The van der Waals surface area contributed by atoms with Crippen LogP contribution in [0.15, 0.2) is 24.3 Å². The Labute approximate surface area is 113 Å². The molecule has 19 heavy (non-hydrogen) atoms. The summed E-state index contributed by atoms with van der Waals surface area (Å²) in [5.74, 6) is 0.239. The molecule has 0 radical (unpaired) electrons. The second kappa shape index (κ2) is 6.15. The molecule has 4 heteroatoms. The number of hydrogen-bond donors (Lipinski definition) is 2. The Morgan fingerprint density at radius 1 is 1.47 bits per heavy atom. The van der Waals surface area contributed by atoms with Crippen LogP contribution in [0, 0.1) is 11.7 Å². The average Bonchev–Trinajstić information content (AvgIpc) is 2.39. The van der Waals surface area contributed by atoms with Crippen LogP contribution in [0.3, 0.4) is 0 Å². The fraction of sp³-hybridized carbons (Fsp3) is 0.533. The zero-order valence-corrected chi connectivity index (χ0v) is 11.4. The highest BCUT2D eigenvalue weighted by molar-refractivity contribution is 5.82. The monoisotopic (exact) mass is 264 g/mol. The van der Waals surface area contributed by atoms with Crippen LogP contribution in [-0.2, 0) is 4.79 Å². The largest absolute Gasteiger partial charge is 0.348 e. The normalized spacial score (nSPS) is 24.8. The molecule has 0 aromatic heterocycles. The summed E-state index contributed by atoms with van der Waals surface area (Å²) in [5, 5.41) is 6.10. The maximum atomic E-state index is 13.6. The third kappa shape index (κ3) is 3.53. The lowest BCUT2D eigenvalue weighted by atomic mass is 9.93. The van der Waals surface area contributed by atoms with Gasteiger partial charge >= 0.3 is 0 Å². The first kappa shape index (κ1) is 14.0. The van der Waals surface area contributed by atoms with E-state index in [1.54, 1.807) is 18.2 Å². The van der Waals surface area contributed by atoms with E-state index in [4.69, 9.17) is 0 Å². The van der Waals surface area contributed by atoms with Gasteiger partial charge in [-0.15, -0.1) is 0 Å². The summed E-state index contributed by atoms with van der Waals surface area (Å²) >= 11 is 0. The highest BCUT2D eigenvalue weighted by atomic mass is 19.1. The highest BCUT2D eigenvalue weighted by Gasteiger charge is 2.25.